The quantitative estimate of drug-likeness (QED) is 0.380. The van der Waals surface area contributed by atoms with Crippen molar-refractivity contribution in [3.8, 4) is 0 Å². The van der Waals surface area contributed by atoms with Gasteiger partial charge in [-0.15, -0.1) is 0 Å². The fourth-order valence-corrected chi connectivity index (χ4v) is 3.95. The molecule has 0 bridgehead atoms. The second-order valence-electron chi connectivity index (χ2n) is 7.81. The molecule has 146 valence electrons. The van der Waals surface area contributed by atoms with Gasteiger partial charge in [0.15, 0.2) is 5.60 Å². The first-order valence-electron chi connectivity index (χ1n) is 10.3. The molecule has 4 nitrogen and oxygen atoms in total. The largest absolute Gasteiger partial charge is 0.464 e. The number of Topliss-reactive ketones (excluding diaryl/α,β-unsaturated/α-hetero) is 1. The number of hydrogen-bond acceptors (Lipinski definition) is 4. The number of carbonyl (C=O) groups is 2. The van der Waals surface area contributed by atoms with Crippen LogP contribution in [0.25, 0.3) is 0 Å². The Hall–Kier alpha value is -0.900. The van der Waals surface area contributed by atoms with E-state index in [4.69, 9.17) is 4.74 Å². The van der Waals surface area contributed by atoms with Crippen LogP contribution in [0.2, 0.25) is 0 Å². The summed E-state index contributed by atoms with van der Waals surface area (Å²) in [6.07, 6.45) is 12.3. The van der Waals surface area contributed by atoms with Gasteiger partial charge >= 0.3 is 5.97 Å². The highest BCUT2D eigenvalue weighted by Gasteiger charge is 2.34. The zero-order valence-corrected chi connectivity index (χ0v) is 16.5. The van der Waals surface area contributed by atoms with E-state index in [2.05, 4.69) is 6.92 Å². The molecule has 0 radical (unpaired) electrons. The van der Waals surface area contributed by atoms with E-state index in [0.717, 1.165) is 38.5 Å². The Balaban J connectivity index is 2.24. The van der Waals surface area contributed by atoms with E-state index in [9.17, 15) is 14.7 Å². The molecule has 0 aromatic rings. The van der Waals surface area contributed by atoms with Gasteiger partial charge in [0.25, 0.3) is 0 Å². The van der Waals surface area contributed by atoms with Gasteiger partial charge in [-0.2, -0.15) is 0 Å². The molecule has 0 amide bonds. The van der Waals surface area contributed by atoms with Gasteiger partial charge in [-0.1, -0.05) is 45.4 Å². The normalized spacial score (nSPS) is 22.8. The molecule has 0 aliphatic heterocycles. The first-order valence-corrected chi connectivity index (χ1v) is 10.3. The molecule has 0 aromatic heterocycles. The first-order chi connectivity index (χ1) is 11.9. The lowest BCUT2D eigenvalue weighted by molar-refractivity contribution is -0.163. The minimum Gasteiger partial charge on any atom is -0.464 e. The average molecular weight is 355 g/mol. The van der Waals surface area contributed by atoms with Gasteiger partial charge in [0.2, 0.25) is 0 Å². The number of unbranched alkanes of at least 4 members (excludes halogenated alkanes) is 5. The van der Waals surface area contributed by atoms with E-state index in [1.54, 1.807) is 6.92 Å². The minimum absolute atomic E-state index is 0.257. The van der Waals surface area contributed by atoms with Crippen LogP contribution in [0.4, 0.5) is 0 Å². The summed E-state index contributed by atoms with van der Waals surface area (Å²) >= 11 is 0. The number of aliphatic hydroxyl groups is 1. The van der Waals surface area contributed by atoms with E-state index in [1.165, 1.54) is 39.0 Å². The Morgan fingerprint density at radius 2 is 1.80 bits per heavy atom. The lowest BCUT2D eigenvalue weighted by Gasteiger charge is -2.21. The molecule has 0 heterocycles. The van der Waals surface area contributed by atoms with Gasteiger partial charge in [-0.25, -0.2) is 4.79 Å². The maximum Gasteiger partial charge on any atom is 0.337 e. The molecule has 1 N–H and O–H groups in total. The number of hydrogen-bond donors (Lipinski definition) is 1. The maximum absolute atomic E-state index is 12.2. The molecule has 1 aliphatic carbocycles. The van der Waals surface area contributed by atoms with Crippen LogP contribution in [0, 0.1) is 11.8 Å². The SMILES string of the molecule is CCCCCC[C@H]1CCC(=O)[C@@H]1CCCCCC(C)(O)C(=O)OCC. The summed E-state index contributed by atoms with van der Waals surface area (Å²) in [5, 5.41) is 10.1. The van der Waals surface area contributed by atoms with Crippen molar-refractivity contribution in [3.05, 3.63) is 0 Å². The molecule has 3 atom stereocenters. The summed E-state index contributed by atoms with van der Waals surface area (Å²) in [5.41, 5.74) is -1.39. The van der Waals surface area contributed by atoms with Crippen molar-refractivity contribution >= 4 is 11.8 Å². The van der Waals surface area contributed by atoms with Crippen LogP contribution in [-0.4, -0.2) is 29.1 Å². The van der Waals surface area contributed by atoms with Crippen LogP contribution in [0.5, 0.6) is 0 Å². The van der Waals surface area contributed by atoms with Gasteiger partial charge in [0.1, 0.15) is 5.78 Å². The van der Waals surface area contributed by atoms with Crippen molar-refractivity contribution < 1.29 is 19.4 Å². The van der Waals surface area contributed by atoms with E-state index in [1.807, 2.05) is 0 Å². The van der Waals surface area contributed by atoms with Crippen LogP contribution in [0.15, 0.2) is 0 Å². The molecule has 0 aromatic carbocycles. The van der Waals surface area contributed by atoms with Crippen molar-refractivity contribution in [1.29, 1.82) is 0 Å². The van der Waals surface area contributed by atoms with Crippen LogP contribution in [0.1, 0.15) is 97.8 Å². The Kier molecular flexibility index (Phi) is 10.3. The highest BCUT2D eigenvalue weighted by Crippen LogP contribution is 2.36. The molecule has 0 saturated heterocycles. The van der Waals surface area contributed by atoms with Crippen molar-refractivity contribution in [2.45, 2.75) is 103 Å². The molecule has 4 heteroatoms. The summed E-state index contributed by atoms with van der Waals surface area (Å²) in [6, 6.07) is 0. The zero-order chi connectivity index (χ0) is 18.7. The standard InChI is InChI=1S/C21H38O4/c1-4-6-7-9-12-17-14-15-19(22)18(17)13-10-8-11-16-21(3,24)20(23)25-5-2/h17-18,24H,4-16H2,1-3H3/t17-,18+,21?/m0/s1. The lowest BCUT2D eigenvalue weighted by Crippen LogP contribution is -2.36. The van der Waals surface area contributed by atoms with Crippen LogP contribution in [-0.2, 0) is 14.3 Å². The Bertz CT molecular complexity index is 403. The molecular formula is C21H38O4. The number of rotatable bonds is 13. The topological polar surface area (TPSA) is 63.6 Å². The summed E-state index contributed by atoms with van der Waals surface area (Å²) in [6.45, 7) is 5.78. The third-order valence-electron chi connectivity index (χ3n) is 5.57. The van der Waals surface area contributed by atoms with E-state index < -0.39 is 11.6 Å². The van der Waals surface area contributed by atoms with Crippen molar-refractivity contribution in [2.24, 2.45) is 11.8 Å². The third kappa shape index (κ3) is 7.89. The second kappa shape index (κ2) is 11.7. The molecular weight excluding hydrogens is 316 g/mol. The number of ketones is 1. The highest BCUT2D eigenvalue weighted by atomic mass is 16.5. The predicted octanol–water partition coefficient (Wildman–Crippen LogP) is 4.82. The molecule has 1 aliphatic rings. The van der Waals surface area contributed by atoms with Gasteiger partial charge in [0.05, 0.1) is 6.61 Å². The molecule has 1 fully saturated rings. The van der Waals surface area contributed by atoms with Gasteiger partial charge in [-0.05, 0) is 51.9 Å². The number of esters is 1. The summed E-state index contributed by atoms with van der Waals surface area (Å²) in [5.74, 6) is 0.770. The summed E-state index contributed by atoms with van der Waals surface area (Å²) in [7, 11) is 0. The van der Waals surface area contributed by atoms with Gasteiger partial charge < -0.3 is 9.84 Å². The first kappa shape index (κ1) is 22.1. The summed E-state index contributed by atoms with van der Waals surface area (Å²) in [4.78, 5) is 23.8. The molecule has 1 saturated carbocycles. The number of carbonyl (C=O) groups excluding carboxylic acids is 2. The fourth-order valence-electron chi connectivity index (χ4n) is 3.95. The maximum atomic E-state index is 12.2. The van der Waals surface area contributed by atoms with Gasteiger partial charge in [-0.3, -0.25) is 4.79 Å². The van der Waals surface area contributed by atoms with Crippen molar-refractivity contribution in [1.82, 2.24) is 0 Å². The minimum atomic E-state index is -1.39. The highest BCUT2D eigenvalue weighted by molar-refractivity contribution is 5.83. The van der Waals surface area contributed by atoms with Crippen LogP contribution >= 0.6 is 0 Å². The predicted molar refractivity (Wildman–Crippen MR) is 100 cm³/mol. The van der Waals surface area contributed by atoms with Gasteiger partial charge in [0, 0.05) is 12.3 Å². The van der Waals surface area contributed by atoms with E-state index >= 15 is 0 Å². The monoisotopic (exact) mass is 354 g/mol. The van der Waals surface area contributed by atoms with Crippen LogP contribution < -0.4 is 0 Å². The smallest absolute Gasteiger partial charge is 0.337 e. The Morgan fingerprint density at radius 3 is 2.48 bits per heavy atom. The van der Waals surface area contributed by atoms with E-state index in [-0.39, 0.29) is 5.92 Å². The lowest BCUT2D eigenvalue weighted by atomic mass is 9.86. The molecule has 1 rings (SSSR count). The Morgan fingerprint density at radius 1 is 1.12 bits per heavy atom. The third-order valence-corrected chi connectivity index (χ3v) is 5.57. The fraction of sp³-hybridized carbons (Fsp3) is 0.905. The van der Waals surface area contributed by atoms with Crippen LogP contribution in [0.3, 0.4) is 0 Å². The number of ether oxygens (including phenoxy) is 1. The zero-order valence-electron chi connectivity index (χ0n) is 16.5. The average Bonchev–Trinajstić information content (AvgIpc) is 2.92. The van der Waals surface area contributed by atoms with Crippen molar-refractivity contribution in [3.63, 3.8) is 0 Å². The summed E-state index contributed by atoms with van der Waals surface area (Å²) < 4.78 is 4.89. The Labute approximate surface area is 153 Å². The second-order valence-corrected chi connectivity index (χ2v) is 7.81. The molecule has 1 unspecified atom stereocenters. The molecule has 25 heavy (non-hydrogen) atoms. The van der Waals surface area contributed by atoms with Crippen molar-refractivity contribution in [2.75, 3.05) is 6.61 Å². The van der Waals surface area contributed by atoms with E-state index in [0.29, 0.717) is 24.7 Å². The molecule has 0 spiro atoms.